The van der Waals surface area contributed by atoms with Crippen molar-refractivity contribution in [2.45, 2.75) is 19.9 Å². The Labute approximate surface area is 106 Å². The molecule has 1 fully saturated rings. The van der Waals surface area contributed by atoms with Gasteiger partial charge in [0.2, 0.25) is 0 Å². The average Bonchev–Trinajstić information content (AvgIpc) is 2.83. The van der Waals surface area contributed by atoms with Gasteiger partial charge in [-0.1, -0.05) is 0 Å². The largest absolute Gasteiger partial charge is 0.336 e. The summed E-state index contributed by atoms with van der Waals surface area (Å²) in [5.74, 6) is 0.0190. The lowest BCUT2D eigenvalue weighted by Gasteiger charge is -2.35. The van der Waals surface area contributed by atoms with Gasteiger partial charge < -0.3 is 4.90 Å². The quantitative estimate of drug-likeness (QED) is 0.820. The molecule has 0 aromatic carbocycles. The van der Waals surface area contributed by atoms with E-state index in [2.05, 4.69) is 21.2 Å². The van der Waals surface area contributed by atoms with Gasteiger partial charge in [-0.15, -0.1) is 0 Å². The fraction of sp³-hybridized carbons (Fsp3) is 0.583. The van der Waals surface area contributed by atoms with Gasteiger partial charge in [-0.05, 0) is 13.8 Å². The van der Waals surface area contributed by atoms with Crippen molar-refractivity contribution in [1.82, 2.24) is 20.0 Å². The van der Waals surface area contributed by atoms with Crippen LogP contribution in [-0.4, -0.2) is 58.1 Å². The predicted molar refractivity (Wildman–Crippen MR) is 65.9 cm³/mol. The lowest BCUT2D eigenvalue weighted by Crippen LogP contribution is -2.51. The second-order valence-corrected chi connectivity index (χ2v) is 4.54. The van der Waals surface area contributed by atoms with Crippen molar-refractivity contribution < 1.29 is 4.79 Å². The van der Waals surface area contributed by atoms with Crippen LogP contribution in [0.4, 0.5) is 0 Å². The minimum Gasteiger partial charge on any atom is -0.336 e. The lowest BCUT2D eigenvalue weighted by atomic mass is 10.2. The number of aromatic nitrogens is 2. The van der Waals surface area contributed by atoms with E-state index in [1.54, 1.807) is 6.20 Å². The van der Waals surface area contributed by atoms with E-state index in [4.69, 9.17) is 5.26 Å². The Balaban J connectivity index is 1.97. The molecule has 2 rings (SSSR count). The first kappa shape index (κ1) is 12.6. The normalized spacial score (nSPS) is 18.4. The summed E-state index contributed by atoms with van der Waals surface area (Å²) in [5.41, 5.74) is 1.43. The number of aromatic amines is 1. The van der Waals surface area contributed by atoms with Crippen LogP contribution in [0.2, 0.25) is 0 Å². The number of H-pyrrole nitrogens is 1. The molecule has 1 N–H and O–H groups in total. The maximum atomic E-state index is 12.2. The molecule has 0 radical (unpaired) electrons. The highest BCUT2D eigenvalue weighted by Crippen LogP contribution is 2.11. The summed E-state index contributed by atoms with van der Waals surface area (Å²) in [4.78, 5) is 16.1. The van der Waals surface area contributed by atoms with Crippen LogP contribution in [0.3, 0.4) is 0 Å². The molecular weight excluding hydrogens is 230 g/mol. The first-order valence-corrected chi connectivity index (χ1v) is 6.06. The molecule has 1 saturated heterocycles. The Kier molecular flexibility index (Phi) is 3.63. The molecule has 1 unspecified atom stereocenters. The van der Waals surface area contributed by atoms with Gasteiger partial charge in [-0.3, -0.25) is 14.8 Å². The fourth-order valence-electron chi connectivity index (χ4n) is 2.13. The molecule has 1 amide bonds. The Morgan fingerprint density at radius 2 is 2.17 bits per heavy atom. The van der Waals surface area contributed by atoms with E-state index in [0.717, 1.165) is 18.8 Å². The SMILES string of the molecule is Cc1[nH]ncc1C(=O)N1CCN(C(C)C#N)CC1. The molecule has 1 aromatic heterocycles. The number of nitriles is 1. The van der Waals surface area contributed by atoms with Crippen LogP contribution in [0, 0.1) is 18.3 Å². The van der Waals surface area contributed by atoms with Crippen LogP contribution in [0.25, 0.3) is 0 Å². The van der Waals surface area contributed by atoms with E-state index in [1.165, 1.54) is 0 Å². The van der Waals surface area contributed by atoms with Crippen molar-refractivity contribution in [3.63, 3.8) is 0 Å². The molecule has 1 aliphatic rings. The molecule has 0 aliphatic carbocycles. The summed E-state index contributed by atoms with van der Waals surface area (Å²) in [7, 11) is 0. The summed E-state index contributed by atoms with van der Waals surface area (Å²) in [6.07, 6.45) is 1.57. The second-order valence-electron chi connectivity index (χ2n) is 4.54. The molecule has 0 saturated carbocycles. The van der Waals surface area contributed by atoms with Gasteiger partial charge in [-0.2, -0.15) is 10.4 Å². The van der Waals surface area contributed by atoms with E-state index in [-0.39, 0.29) is 11.9 Å². The van der Waals surface area contributed by atoms with Gasteiger partial charge >= 0.3 is 0 Å². The monoisotopic (exact) mass is 247 g/mol. The molecule has 2 heterocycles. The number of nitrogens with zero attached hydrogens (tertiary/aromatic N) is 4. The minimum absolute atomic E-state index is 0.0190. The van der Waals surface area contributed by atoms with Crippen LogP contribution in [0.5, 0.6) is 0 Å². The summed E-state index contributed by atoms with van der Waals surface area (Å²) in [5, 5.41) is 15.5. The standard InChI is InChI=1S/C12H17N5O/c1-9(7-13)16-3-5-17(6-4-16)12(18)11-8-14-15-10(11)2/h8-9H,3-6H2,1-2H3,(H,14,15). The van der Waals surface area contributed by atoms with Gasteiger partial charge in [0.05, 0.1) is 23.9 Å². The molecular formula is C12H17N5O. The first-order chi connectivity index (χ1) is 8.63. The summed E-state index contributed by atoms with van der Waals surface area (Å²) >= 11 is 0. The maximum Gasteiger partial charge on any atom is 0.257 e. The van der Waals surface area contributed by atoms with E-state index < -0.39 is 0 Å². The number of aryl methyl sites for hydroxylation is 1. The van der Waals surface area contributed by atoms with Gasteiger partial charge in [-0.25, -0.2) is 0 Å². The predicted octanol–water partition coefficient (Wildman–Crippen LogP) is 0.388. The minimum atomic E-state index is -0.0853. The summed E-state index contributed by atoms with van der Waals surface area (Å²) in [6, 6.07) is 2.14. The zero-order chi connectivity index (χ0) is 13.1. The van der Waals surface area contributed by atoms with E-state index >= 15 is 0 Å². The Hall–Kier alpha value is -1.87. The van der Waals surface area contributed by atoms with Crippen LogP contribution in [-0.2, 0) is 0 Å². The number of carbonyl (C=O) groups is 1. The Morgan fingerprint density at radius 3 is 2.67 bits per heavy atom. The number of amides is 1. The van der Waals surface area contributed by atoms with Crippen LogP contribution in [0.15, 0.2) is 6.20 Å². The third kappa shape index (κ3) is 2.36. The highest BCUT2D eigenvalue weighted by Gasteiger charge is 2.25. The van der Waals surface area contributed by atoms with Gasteiger partial charge in [0.1, 0.15) is 0 Å². The third-order valence-corrected chi connectivity index (χ3v) is 3.40. The van der Waals surface area contributed by atoms with Crippen molar-refractivity contribution in [3.05, 3.63) is 17.5 Å². The van der Waals surface area contributed by atoms with E-state index in [9.17, 15) is 4.79 Å². The number of rotatable bonds is 2. The zero-order valence-corrected chi connectivity index (χ0v) is 10.7. The third-order valence-electron chi connectivity index (χ3n) is 3.40. The van der Waals surface area contributed by atoms with Crippen LogP contribution >= 0.6 is 0 Å². The van der Waals surface area contributed by atoms with Gasteiger partial charge in [0.15, 0.2) is 0 Å². The average molecular weight is 247 g/mol. The van der Waals surface area contributed by atoms with E-state index in [1.807, 2.05) is 18.7 Å². The van der Waals surface area contributed by atoms with Crippen molar-refractivity contribution in [2.75, 3.05) is 26.2 Å². The van der Waals surface area contributed by atoms with E-state index in [0.29, 0.717) is 18.7 Å². The number of nitrogens with one attached hydrogen (secondary N) is 1. The van der Waals surface area contributed by atoms with Crippen LogP contribution in [0.1, 0.15) is 23.0 Å². The number of hydrogen-bond acceptors (Lipinski definition) is 4. The number of hydrogen-bond donors (Lipinski definition) is 1. The van der Waals surface area contributed by atoms with Gasteiger partial charge in [0.25, 0.3) is 5.91 Å². The molecule has 18 heavy (non-hydrogen) atoms. The lowest BCUT2D eigenvalue weighted by molar-refractivity contribution is 0.0615. The zero-order valence-electron chi connectivity index (χ0n) is 10.7. The molecule has 6 nitrogen and oxygen atoms in total. The molecule has 6 heteroatoms. The highest BCUT2D eigenvalue weighted by molar-refractivity contribution is 5.95. The van der Waals surface area contributed by atoms with Crippen molar-refractivity contribution in [1.29, 1.82) is 5.26 Å². The highest BCUT2D eigenvalue weighted by atomic mass is 16.2. The summed E-state index contributed by atoms with van der Waals surface area (Å²) < 4.78 is 0. The smallest absolute Gasteiger partial charge is 0.257 e. The summed E-state index contributed by atoms with van der Waals surface area (Å²) in [6.45, 7) is 6.55. The second kappa shape index (κ2) is 5.19. The van der Waals surface area contributed by atoms with Crippen molar-refractivity contribution in [3.8, 4) is 6.07 Å². The van der Waals surface area contributed by atoms with Crippen LogP contribution < -0.4 is 0 Å². The van der Waals surface area contributed by atoms with Crippen molar-refractivity contribution >= 4 is 5.91 Å². The maximum absolute atomic E-state index is 12.2. The number of piperazine rings is 1. The number of carbonyl (C=O) groups excluding carboxylic acids is 1. The Morgan fingerprint density at radius 1 is 1.50 bits per heavy atom. The topological polar surface area (TPSA) is 76.0 Å². The molecule has 1 aromatic rings. The van der Waals surface area contributed by atoms with Crippen molar-refractivity contribution in [2.24, 2.45) is 0 Å². The Bertz CT molecular complexity index is 467. The fourth-order valence-corrected chi connectivity index (χ4v) is 2.13. The molecule has 0 spiro atoms. The van der Waals surface area contributed by atoms with Gasteiger partial charge in [0, 0.05) is 31.9 Å². The molecule has 1 aliphatic heterocycles. The molecule has 0 bridgehead atoms. The molecule has 96 valence electrons. The molecule has 1 atom stereocenters. The first-order valence-electron chi connectivity index (χ1n) is 6.06.